The van der Waals surface area contributed by atoms with E-state index in [9.17, 15) is 9.59 Å². The van der Waals surface area contributed by atoms with Gasteiger partial charge in [0.15, 0.2) is 0 Å². The molecule has 1 heterocycles. The molecule has 3 atom stereocenters. The largest absolute Gasteiger partial charge is 0.371 e. The quantitative estimate of drug-likeness (QED) is 0.589. The summed E-state index contributed by atoms with van der Waals surface area (Å²) in [6, 6.07) is 9.35. The molecule has 0 aromatic heterocycles. The van der Waals surface area contributed by atoms with Crippen molar-refractivity contribution in [2.75, 3.05) is 6.61 Å². The van der Waals surface area contributed by atoms with Crippen LogP contribution < -0.4 is 10.6 Å². The van der Waals surface area contributed by atoms with Crippen molar-refractivity contribution < 1.29 is 14.3 Å². The lowest BCUT2D eigenvalue weighted by Gasteiger charge is -2.30. The Morgan fingerprint density at radius 2 is 2.00 bits per heavy atom. The van der Waals surface area contributed by atoms with E-state index in [0.717, 1.165) is 12.0 Å². The number of amides is 2. The third-order valence-corrected chi connectivity index (χ3v) is 3.80. The number of rotatable bonds is 7. The summed E-state index contributed by atoms with van der Waals surface area (Å²) in [5, 5.41) is 5.65. The average molecular weight is 304 g/mol. The van der Waals surface area contributed by atoms with E-state index >= 15 is 0 Å². The molecule has 1 fully saturated rings. The van der Waals surface area contributed by atoms with Gasteiger partial charge >= 0.3 is 0 Å². The highest BCUT2D eigenvalue weighted by atomic mass is 16.6. The fraction of sp³-hybridized carbons (Fsp3) is 0.529. The van der Waals surface area contributed by atoms with Gasteiger partial charge in [0.1, 0.15) is 12.1 Å². The van der Waals surface area contributed by atoms with Gasteiger partial charge in [-0.1, -0.05) is 51.1 Å². The second kappa shape index (κ2) is 6.92. The molecule has 1 aromatic rings. The standard InChI is InChI=1S/C17H24N2O3/c1-17(2,3)15(18-11-20)16(21)19-13(14-10-22-14)9-12-7-5-4-6-8-12/h4-8,11,13-15H,9-10H2,1-3H3,(H,18,20)(H,19,21). The van der Waals surface area contributed by atoms with Crippen molar-refractivity contribution in [2.45, 2.75) is 45.4 Å². The van der Waals surface area contributed by atoms with E-state index in [0.29, 0.717) is 13.0 Å². The third kappa shape index (κ3) is 4.56. The van der Waals surface area contributed by atoms with Gasteiger partial charge < -0.3 is 15.4 Å². The zero-order valence-electron chi connectivity index (χ0n) is 13.3. The monoisotopic (exact) mass is 304 g/mol. The first-order chi connectivity index (χ1) is 10.4. The molecule has 22 heavy (non-hydrogen) atoms. The minimum atomic E-state index is -0.568. The molecule has 2 N–H and O–H groups in total. The molecule has 2 amide bonds. The van der Waals surface area contributed by atoms with Crippen LogP contribution in [0.5, 0.6) is 0 Å². The van der Waals surface area contributed by atoms with Crippen LogP contribution in [0.2, 0.25) is 0 Å². The van der Waals surface area contributed by atoms with Crippen LogP contribution in [0.1, 0.15) is 26.3 Å². The Morgan fingerprint density at radius 1 is 1.36 bits per heavy atom. The van der Waals surface area contributed by atoms with Crippen molar-refractivity contribution in [3.05, 3.63) is 35.9 Å². The SMILES string of the molecule is CC(C)(C)C(NC=O)C(=O)NC(Cc1ccccc1)C1CO1. The molecule has 0 aliphatic carbocycles. The second-order valence-corrected chi connectivity index (χ2v) is 6.76. The number of ether oxygens (including phenoxy) is 1. The summed E-state index contributed by atoms with van der Waals surface area (Å²) in [5.74, 6) is -0.170. The first-order valence-corrected chi connectivity index (χ1v) is 7.57. The van der Waals surface area contributed by atoms with Crippen LogP contribution in [0.4, 0.5) is 0 Å². The minimum Gasteiger partial charge on any atom is -0.371 e. The molecule has 2 rings (SSSR count). The van der Waals surface area contributed by atoms with Crippen molar-refractivity contribution >= 4 is 12.3 Å². The molecule has 3 unspecified atom stereocenters. The topological polar surface area (TPSA) is 70.7 Å². The summed E-state index contributed by atoms with van der Waals surface area (Å²) in [6.45, 7) is 6.44. The van der Waals surface area contributed by atoms with E-state index in [1.807, 2.05) is 51.1 Å². The average Bonchev–Trinajstić information content (AvgIpc) is 3.28. The number of benzene rings is 1. The van der Waals surface area contributed by atoms with Crippen molar-refractivity contribution in [2.24, 2.45) is 5.41 Å². The Labute approximate surface area is 131 Å². The van der Waals surface area contributed by atoms with Crippen LogP contribution >= 0.6 is 0 Å². The zero-order chi connectivity index (χ0) is 16.2. The minimum absolute atomic E-state index is 0.0565. The van der Waals surface area contributed by atoms with Crippen molar-refractivity contribution in [1.29, 1.82) is 0 Å². The van der Waals surface area contributed by atoms with Gasteiger partial charge in [0, 0.05) is 0 Å². The highest BCUT2D eigenvalue weighted by Crippen LogP contribution is 2.22. The van der Waals surface area contributed by atoms with Crippen LogP contribution in [0, 0.1) is 5.41 Å². The number of hydrogen-bond donors (Lipinski definition) is 2. The molecule has 0 radical (unpaired) electrons. The Hall–Kier alpha value is -1.88. The fourth-order valence-electron chi connectivity index (χ4n) is 2.48. The summed E-state index contributed by atoms with van der Waals surface area (Å²) in [4.78, 5) is 23.3. The van der Waals surface area contributed by atoms with E-state index in [4.69, 9.17) is 4.74 Å². The Balaban J connectivity index is 2.03. The molecule has 5 nitrogen and oxygen atoms in total. The molecular formula is C17H24N2O3. The lowest BCUT2D eigenvalue weighted by Crippen LogP contribution is -2.54. The maximum absolute atomic E-state index is 12.5. The third-order valence-electron chi connectivity index (χ3n) is 3.80. The van der Waals surface area contributed by atoms with E-state index < -0.39 is 6.04 Å². The molecule has 1 aromatic carbocycles. The summed E-state index contributed by atoms with van der Waals surface area (Å²) in [6.07, 6.45) is 1.35. The first kappa shape index (κ1) is 16.5. The van der Waals surface area contributed by atoms with E-state index in [1.165, 1.54) is 0 Å². The highest BCUT2D eigenvalue weighted by molar-refractivity contribution is 5.84. The zero-order valence-corrected chi connectivity index (χ0v) is 13.3. The number of carbonyl (C=O) groups is 2. The number of hydrogen-bond acceptors (Lipinski definition) is 3. The molecule has 0 bridgehead atoms. The molecule has 1 aliphatic rings. The van der Waals surface area contributed by atoms with E-state index in [-0.39, 0.29) is 23.5 Å². The Bertz CT molecular complexity index is 506. The van der Waals surface area contributed by atoms with Crippen LogP contribution in [-0.4, -0.2) is 37.1 Å². The van der Waals surface area contributed by atoms with Gasteiger partial charge in [-0.15, -0.1) is 0 Å². The molecule has 1 saturated heterocycles. The fourth-order valence-corrected chi connectivity index (χ4v) is 2.48. The van der Waals surface area contributed by atoms with Gasteiger partial charge in [-0.2, -0.15) is 0 Å². The van der Waals surface area contributed by atoms with Crippen molar-refractivity contribution in [3.8, 4) is 0 Å². The predicted molar refractivity (Wildman–Crippen MR) is 84.3 cm³/mol. The van der Waals surface area contributed by atoms with Crippen molar-refractivity contribution in [3.63, 3.8) is 0 Å². The summed E-state index contributed by atoms with van der Waals surface area (Å²) in [7, 11) is 0. The van der Waals surface area contributed by atoms with Gasteiger partial charge in [-0.05, 0) is 17.4 Å². The first-order valence-electron chi connectivity index (χ1n) is 7.57. The summed E-state index contributed by atoms with van der Waals surface area (Å²) in [5.41, 5.74) is 0.797. The van der Waals surface area contributed by atoms with Gasteiger partial charge in [0.2, 0.25) is 12.3 Å². The van der Waals surface area contributed by atoms with Gasteiger partial charge in [-0.3, -0.25) is 9.59 Å². The number of epoxide rings is 1. The van der Waals surface area contributed by atoms with Crippen LogP contribution in [0.25, 0.3) is 0 Å². The van der Waals surface area contributed by atoms with Crippen molar-refractivity contribution in [1.82, 2.24) is 10.6 Å². The molecule has 120 valence electrons. The highest BCUT2D eigenvalue weighted by Gasteiger charge is 2.37. The molecular weight excluding hydrogens is 280 g/mol. The molecule has 5 heteroatoms. The van der Waals surface area contributed by atoms with Crippen LogP contribution in [0.3, 0.4) is 0 Å². The molecule has 0 spiro atoms. The molecule has 1 aliphatic heterocycles. The summed E-state index contributed by atoms with van der Waals surface area (Å²) >= 11 is 0. The van der Waals surface area contributed by atoms with E-state index in [2.05, 4.69) is 10.6 Å². The number of nitrogens with one attached hydrogen (secondary N) is 2. The van der Waals surface area contributed by atoms with Crippen LogP contribution in [-0.2, 0) is 20.7 Å². The predicted octanol–water partition coefficient (Wildman–Crippen LogP) is 1.27. The Morgan fingerprint density at radius 3 is 2.50 bits per heavy atom. The van der Waals surface area contributed by atoms with Gasteiger partial charge in [0.25, 0.3) is 0 Å². The lowest BCUT2D eigenvalue weighted by atomic mass is 9.86. The summed E-state index contributed by atoms with van der Waals surface area (Å²) < 4.78 is 5.36. The van der Waals surface area contributed by atoms with E-state index in [1.54, 1.807) is 0 Å². The van der Waals surface area contributed by atoms with Gasteiger partial charge in [0.05, 0.1) is 12.6 Å². The lowest BCUT2D eigenvalue weighted by molar-refractivity contribution is -0.128. The Kier molecular flexibility index (Phi) is 5.19. The maximum Gasteiger partial charge on any atom is 0.243 e. The second-order valence-electron chi connectivity index (χ2n) is 6.76. The maximum atomic E-state index is 12.5. The smallest absolute Gasteiger partial charge is 0.243 e. The normalized spacial score (nSPS) is 19.9. The van der Waals surface area contributed by atoms with Gasteiger partial charge in [-0.25, -0.2) is 0 Å². The number of carbonyl (C=O) groups excluding carboxylic acids is 2. The van der Waals surface area contributed by atoms with Crippen LogP contribution in [0.15, 0.2) is 30.3 Å². The molecule has 0 saturated carbocycles.